The normalized spacial score (nSPS) is 10.7. The van der Waals surface area contributed by atoms with Crippen LogP contribution in [0.1, 0.15) is 25.8 Å². The van der Waals surface area contributed by atoms with Crippen LogP contribution in [0.2, 0.25) is 0 Å². The second-order valence-electron chi connectivity index (χ2n) is 4.58. The van der Waals surface area contributed by atoms with E-state index >= 15 is 0 Å². The van der Waals surface area contributed by atoms with Gasteiger partial charge in [-0.25, -0.2) is 4.68 Å². The van der Waals surface area contributed by atoms with Crippen LogP contribution in [0.5, 0.6) is 0 Å². The standard InChI is InChI=1S/C15H20N4O/c1-3-9-19-15(20)12(11-16-4-2)10-14(18-19)13-7-5-6-8-17-13/h5-8,10,16H,3-4,9,11H2,1-2H3. The molecule has 0 spiro atoms. The Morgan fingerprint density at radius 3 is 2.75 bits per heavy atom. The first-order chi connectivity index (χ1) is 9.76. The number of pyridine rings is 1. The van der Waals surface area contributed by atoms with Gasteiger partial charge in [-0.3, -0.25) is 9.78 Å². The van der Waals surface area contributed by atoms with Crippen molar-refractivity contribution in [2.75, 3.05) is 6.54 Å². The van der Waals surface area contributed by atoms with Gasteiger partial charge in [-0.2, -0.15) is 5.10 Å². The van der Waals surface area contributed by atoms with E-state index in [9.17, 15) is 4.79 Å². The third kappa shape index (κ3) is 3.30. The minimum Gasteiger partial charge on any atom is -0.313 e. The molecule has 0 aliphatic heterocycles. The van der Waals surface area contributed by atoms with Crippen molar-refractivity contribution >= 4 is 0 Å². The van der Waals surface area contributed by atoms with Crippen LogP contribution >= 0.6 is 0 Å². The quantitative estimate of drug-likeness (QED) is 0.871. The average Bonchev–Trinajstić information content (AvgIpc) is 2.49. The van der Waals surface area contributed by atoms with Gasteiger partial charge < -0.3 is 5.32 Å². The lowest BCUT2D eigenvalue weighted by Gasteiger charge is -2.10. The molecule has 5 nitrogen and oxygen atoms in total. The van der Waals surface area contributed by atoms with Crippen LogP contribution in [0.25, 0.3) is 11.4 Å². The van der Waals surface area contributed by atoms with Gasteiger partial charge in [-0.1, -0.05) is 19.9 Å². The molecule has 0 aliphatic rings. The minimum atomic E-state index is -0.0209. The number of hydrogen-bond donors (Lipinski definition) is 1. The second kappa shape index (κ2) is 6.96. The van der Waals surface area contributed by atoms with E-state index in [4.69, 9.17) is 0 Å². The molecule has 2 rings (SSSR count). The molecule has 0 amide bonds. The minimum absolute atomic E-state index is 0.0209. The van der Waals surface area contributed by atoms with E-state index in [1.165, 1.54) is 4.68 Å². The largest absolute Gasteiger partial charge is 0.313 e. The molecule has 0 aromatic carbocycles. The van der Waals surface area contributed by atoms with E-state index in [1.54, 1.807) is 6.20 Å². The number of aryl methyl sites for hydroxylation is 1. The molecule has 2 heterocycles. The van der Waals surface area contributed by atoms with Crippen LogP contribution in [0.4, 0.5) is 0 Å². The summed E-state index contributed by atoms with van der Waals surface area (Å²) in [5.41, 5.74) is 2.24. The molecular formula is C15H20N4O. The maximum Gasteiger partial charge on any atom is 0.271 e. The van der Waals surface area contributed by atoms with Gasteiger partial charge in [0, 0.05) is 24.8 Å². The third-order valence-electron chi connectivity index (χ3n) is 2.98. The smallest absolute Gasteiger partial charge is 0.271 e. The third-order valence-corrected chi connectivity index (χ3v) is 2.98. The molecule has 0 fully saturated rings. The van der Waals surface area contributed by atoms with Crippen molar-refractivity contribution in [1.29, 1.82) is 0 Å². The molecule has 0 unspecified atom stereocenters. The SMILES string of the molecule is CCCn1nc(-c2ccccn2)cc(CNCC)c1=O. The molecule has 2 aromatic rings. The summed E-state index contributed by atoms with van der Waals surface area (Å²) in [6.45, 7) is 6.06. The monoisotopic (exact) mass is 272 g/mol. The molecule has 0 radical (unpaired) electrons. The summed E-state index contributed by atoms with van der Waals surface area (Å²) in [6.07, 6.45) is 2.61. The van der Waals surface area contributed by atoms with Gasteiger partial charge in [-0.15, -0.1) is 0 Å². The zero-order valence-electron chi connectivity index (χ0n) is 12.0. The highest BCUT2D eigenvalue weighted by molar-refractivity contribution is 5.53. The van der Waals surface area contributed by atoms with Crippen LogP contribution in [0.3, 0.4) is 0 Å². The Bertz CT molecular complexity index is 607. The lowest BCUT2D eigenvalue weighted by Crippen LogP contribution is -2.29. The zero-order chi connectivity index (χ0) is 14.4. The summed E-state index contributed by atoms with van der Waals surface area (Å²) >= 11 is 0. The fourth-order valence-corrected chi connectivity index (χ4v) is 1.99. The van der Waals surface area contributed by atoms with Crippen LogP contribution in [-0.2, 0) is 13.1 Å². The first-order valence-electron chi connectivity index (χ1n) is 6.99. The van der Waals surface area contributed by atoms with E-state index in [-0.39, 0.29) is 5.56 Å². The molecule has 106 valence electrons. The van der Waals surface area contributed by atoms with Crippen molar-refractivity contribution in [3.05, 3.63) is 46.4 Å². The highest BCUT2D eigenvalue weighted by atomic mass is 16.1. The molecule has 0 saturated heterocycles. The Hall–Kier alpha value is -2.01. The van der Waals surface area contributed by atoms with E-state index in [0.717, 1.165) is 29.9 Å². The van der Waals surface area contributed by atoms with Crippen molar-refractivity contribution in [2.45, 2.75) is 33.4 Å². The molecule has 0 aliphatic carbocycles. The van der Waals surface area contributed by atoms with Crippen LogP contribution in [-0.4, -0.2) is 21.3 Å². The topological polar surface area (TPSA) is 59.8 Å². The van der Waals surface area contributed by atoms with Gasteiger partial charge in [-0.05, 0) is 31.2 Å². The Morgan fingerprint density at radius 2 is 2.10 bits per heavy atom. The summed E-state index contributed by atoms with van der Waals surface area (Å²) in [5.74, 6) is 0. The first-order valence-corrected chi connectivity index (χ1v) is 6.99. The number of nitrogens with one attached hydrogen (secondary N) is 1. The lowest BCUT2D eigenvalue weighted by molar-refractivity contribution is 0.559. The number of nitrogens with zero attached hydrogens (tertiary/aromatic N) is 3. The van der Waals surface area contributed by atoms with E-state index in [2.05, 4.69) is 15.4 Å². The van der Waals surface area contributed by atoms with Crippen molar-refractivity contribution in [1.82, 2.24) is 20.1 Å². The molecule has 0 saturated carbocycles. The van der Waals surface area contributed by atoms with Crippen LogP contribution in [0, 0.1) is 0 Å². The molecule has 5 heteroatoms. The van der Waals surface area contributed by atoms with Gasteiger partial charge in [0.2, 0.25) is 0 Å². The second-order valence-corrected chi connectivity index (χ2v) is 4.58. The van der Waals surface area contributed by atoms with Gasteiger partial charge in [0.15, 0.2) is 0 Å². The van der Waals surface area contributed by atoms with Crippen molar-refractivity contribution in [3.8, 4) is 11.4 Å². The summed E-state index contributed by atoms with van der Waals surface area (Å²) in [6, 6.07) is 7.52. The summed E-state index contributed by atoms with van der Waals surface area (Å²) < 4.78 is 1.54. The van der Waals surface area contributed by atoms with E-state index in [0.29, 0.717) is 13.1 Å². The van der Waals surface area contributed by atoms with Gasteiger partial charge >= 0.3 is 0 Å². The van der Waals surface area contributed by atoms with Gasteiger partial charge in [0.05, 0.1) is 5.69 Å². The number of rotatable bonds is 6. The van der Waals surface area contributed by atoms with E-state index < -0.39 is 0 Å². The summed E-state index contributed by atoms with van der Waals surface area (Å²) in [7, 11) is 0. The highest BCUT2D eigenvalue weighted by Crippen LogP contribution is 2.13. The fourth-order valence-electron chi connectivity index (χ4n) is 1.99. The molecule has 2 aromatic heterocycles. The van der Waals surface area contributed by atoms with Crippen LogP contribution in [0.15, 0.2) is 35.3 Å². The van der Waals surface area contributed by atoms with Gasteiger partial charge in [0.25, 0.3) is 5.56 Å². The Kier molecular flexibility index (Phi) is 5.01. The maximum atomic E-state index is 12.3. The molecule has 1 N–H and O–H groups in total. The van der Waals surface area contributed by atoms with E-state index in [1.807, 2.05) is 38.1 Å². The predicted octanol–water partition coefficient (Wildman–Crippen LogP) is 1.82. The molecular weight excluding hydrogens is 252 g/mol. The Balaban J connectivity index is 2.47. The Morgan fingerprint density at radius 1 is 1.25 bits per heavy atom. The molecule has 0 bridgehead atoms. The van der Waals surface area contributed by atoms with Gasteiger partial charge in [0.1, 0.15) is 5.69 Å². The Labute approximate surface area is 118 Å². The molecule has 20 heavy (non-hydrogen) atoms. The predicted molar refractivity (Wildman–Crippen MR) is 79.4 cm³/mol. The van der Waals surface area contributed by atoms with Crippen molar-refractivity contribution in [3.63, 3.8) is 0 Å². The number of hydrogen-bond acceptors (Lipinski definition) is 4. The van der Waals surface area contributed by atoms with Crippen LogP contribution < -0.4 is 10.9 Å². The van der Waals surface area contributed by atoms with Crippen molar-refractivity contribution in [2.24, 2.45) is 0 Å². The van der Waals surface area contributed by atoms with Crippen molar-refractivity contribution < 1.29 is 0 Å². The lowest BCUT2D eigenvalue weighted by atomic mass is 10.2. The summed E-state index contributed by atoms with van der Waals surface area (Å²) in [4.78, 5) is 16.6. The first kappa shape index (κ1) is 14.4. The molecule has 0 atom stereocenters. The summed E-state index contributed by atoms with van der Waals surface area (Å²) in [5, 5.41) is 7.61. The highest BCUT2D eigenvalue weighted by Gasteiger charge is 2.09. The zero-order valence-corrected chi connectivity index (χ0v) is 12.0. The fraction of sp³-hybridized carbons (Fsp3) is 0.400. The average molecular weight is 272 g/mol. The maximum absolute atomic E-state index is 12.3. The number of aromatic nitrogens is 3.